The van der Waals surface area contributed by atoms with Crippen molar-refractivity contribution in [2.45, 2.75) is 66.0 Å². The van der Waals surface area contributed by atoms with E-state index in [-0.39, 0.29) is 35.6 Å². The predicted molar refractivity (Wildman–Crippen MR) is 91.7 cm³/mol. The van der Waals surface area contributed by atoms with E-state index in [1.54, 1.807) is 6.07 Å². The van der Waals surface area contributed by atoms with Crippen LogP contribution >= 0.6 is 0 Å². The molecule has 0 fully saturated rings. The molecule has 0 spiro atoms. The van der Waals surface area contributed by atoms with E-state index in [9.17, 15) is 9.18 Å². The Morgan fingerprint density at radius 3 is 2.35 bits per heavy atom. The maximum absolute atomic E-state index is 13.4. The summed E-state index contributed by atoms with van der Waals surface area (Å²) in [6.07, 6.45) is 0.511. The van der Waals surface area contributed by atoms with Gasteiger partial charge in [-0.05, 0) is 48.9 Å². The molecular formula is C19H30FNO2. The smallest absolute Gasteiger partial charge is 0.323 e. The third-order valence-corrected chi connectivity index (χ3v) is 4.65. The fourth-order valence-electron chi connectivity index (χ4n) is 2.99. The summed E-state index contributed by atoms with van der Waals surface area (Å²) in [4.78, 5) is 12.2. The van der Waals surface area contributed by atoms with E-state index in [0.717, 1.165) is 17.5 Å². The molecule has 3 nitrogen and oxygen atoms in total. The summed E-state index contributed by atoms with van der Waals surface area (Å²) in [5.74, 6) is -0.278. The van der Waals surface area contributed by atoms with Gasteiger partial charge in [0.25, 0.3) is 0 Å². The van der Waals surface area contributed by atoms with Crippen LogP contribution in [0.2, 0.25) is 0 Å². The van der Waals surface area contributed by atoms with Crippen molar-refractivity contribution in [3.8, 4) is 0 Å². The van der Waals surface area contributed by atoms with E-state index < -0.39 is 6.04 Å². The first-order valence-electron chi connectivity index (χ1n) is 8.41. The van der Waals surface area contributed by atoms with Crippen LogP contribution < -0.4 is 5.73 Å². The Morgan fingerprint density at radius 1 is 1.26 bits per heavy atom. The Morgan fingerprint density at radius 2 is 1.87 bits per heavy atom. The highest BCUT2D eigenvalue weighted by Gasteiger charge is 2.30. The molecule has 130 valence electrons. The van der Waals surface area contributed by atoms with Crippen molar-refractivity contribution in [3.63, 3.8) is 0 Å². The molecule has 4 atom stereocenters. The van der Waals surface area contributed by atoms with Gasteiger partial charge in [-0.2, -0.15) is 0 Å². The number of hydrogen-bond acceptors (Lipinski definition) is 3. The van der Waals surface area contributed by atoms with Crippen molar-refractivity contribution in [1.82, 2.24) is 0 Å². The SMILES string of the molecule is CC[C@H](C)[C@H](N)C(=O)O[C@@H](C)[C@H](c1ccc(F)cc1C)C(C)C. The molecule has 2 N–H and O–H groups in total. The number of nitrogens with two attached hydrogens (primary N) is 1. The molecule has 4 heteroatoms. The summed E-state index contributed by atoms with van der Waals surface area (Å²) in [7, 11) is 0. The van der Waals surface area contributed by atoms with Crippen LogP contribution in [0.3, 0.4) is 0 Å². The summed E-state index contributed by atoms with van der Waals surface area (Å²) in [5, 5.41) is 0. The lowest BCUT2D eigenvalue weighted by Gasteiger charge is -2.30. The number of hydrogen-bond donors (Lipinski definition) is 1. The molecule has 0 amide bonds. The fourth-order valence-corrected chi connectivity index (χ4v) is 2.99. The molecule has 0 saturated carbocycles. The second-order valence-corrected chi connectivity index (χ2v) is 6.82. The first-order chi connectivity index (χ1) is 10.7. The summed E-state index contributed by atoms with van der Waals surface area (Å²) in [5.41, 5.74) is 7.85. The van der Waals surface area contributed by atoms with Crippen molar-refractivity contribution in [1.29, 1.82) is 0 Å². The molecule has 1 aromatic rings. The van der Waals surface area contributed by atoms with Crippen molar-refractivity contribution in [3.05, 3.63) is 35.1 Å². The average molecular weight is 323 g/mol. The monoisotopic (exact) mass is 323 g/mol. The molecule has 0 aliphatic heterocycles. The van der Waals surface area contributed by atoms with Crippen LogP contribution in [-0.4, -0.2) is 18.1 Å². The number of halogens is 1. The molecular weight excluding hydrogens is 293 g/mol. The lowest BCUT2D eigenvalue weighted by molar-refractivity contribution is -0.152. The Hall–Kier alpha value is -1.42. The molecule has 1 aromatic carbocycles. The topological polar surface area (TPSA) is 52.3 Å². The molecule has 0 unspecified atom stereocenters. The predicted octanol–water partition coefficient (Wildman–Crippen LogP) is 4.18. The van der Waals surface area contributed by atoms with E-state index >= 15 is 0 Å². The summed E-state index contributed by atoms with van der Waals surface area (Å²) in [6, 6.07) is 4.15. The van der Waals surface area contributed by atoms with Crippen molar-refractivity contribution >= 4 is 5.97 Å². The van der Waals surface area contributed by atoms with E-state index in [4.69, 9.17) is 10.5 Å². The van der Waals surface area contributed by atoms with Gasteiger partial charge in [-0.25, -0.2) is 4.39 Å². The number of ether oxygens (including phenoxy) is 1. The van der Waals surface area contributed by atoms with Crippen LogP contribution in [0.1, 0.15) is 58.1 Å². The third kappa shape index (κ3) is 5.03. The van der Waals surface area contributed by atoms with Crippen LogP contribution in [0.15, 0.2) is 18.2 Å². The maximum Gasteiger partial charge on any atom is 0.323 e. The molecule has 0 bridgehead atoms. The third-order valence-electron chi connectivity index (χ3n) is 4.65. The molecule has 1 rings (SSSR count). The van der Waals surface area contributed by atoms with Crippen molar-refractivity contribution < 1.29 is 13.9 Å². The van der Waals surface area contributed by atoms with Gasteiger partial charge in [0.1, 0.15) is 18.0 Å². The van der Waals surface area contributed by atoms with Gasteiger partial charge in [0.15, 0.2) is 0 Å². The van der Waals surface area contributed by atoms with E-state index in [1.165, 1.54) is 12.1 Å². The van der Waals surface area contributed by atoms with Crippen molar-refractivity contribution in [2.24, 2.45) is 17.6 Å². The first kappa shape index (κ1) is 19.6. The second kappa shape index (κ2) is 8.44. The highest BCUT2D eigenvalue weighted by atomic mass is 19.1. The number of aryl methyl sites for hydroxylation is 1. The van der Waals surface area contributed by atoms with Crippen LogP contribution in [0.4, 0.5) is 4.39 Å². The highest BCUT2D eigenvalue weighted by Crippen LogP contribution is 2.32. The molecule has 23 heavy (non-hydrogen) atoms. The van der Waals surface area contributed by atoms with E-state index in [2.05, 4.69) is 13.8 Å². The van der Waals surface area contributed by atoms with Gasteiger partial charge in [-0.1, -0.05) is 40.2 Å². The minimum atomic E-state index is -0.607. The Labute approximate surface area is 139 Å². The standard InChI is InChI=1S/C19H30FNO2/c1-7-12(4)18(21)19(22)23-14(6)17(11(2)3)16-9-8-15(20)10-13(16)5/h8-12,14,17-18H,7,21H2,1-6H3/t12-,14-,17+,18-/m0/s1. The summed E-state index contributed by atoms with van der Waals surface area (Å²) < 4.78 is 19.0. The zero-order valence-electron chi connectivity index (χ0n) is 15.1. The summed E-state index contributed by atoms with van der Waals surface area (Å²) >= 11 is 0. The van der Waals surface area contributed by atoms with Crippen LogP contribution in [0.5, 0.6) is 0 Å². The first-order valence-corrected chi connectivity index (χ1v) is 8.41. The summed E-state index contributed by atoms with van der Waals surface area (Å²) in [6.45, 7) is 11.9. The van der Waals surface area contributed by atoms with Crippen LogP contribution in [-0.2, 0) is 9.53 Å². The molecule has 0 aliphatic rings. The van der Waals surface area contributed by atoms with Gasteiger partial charge in [0, 0.05) is 5.92 Å². The van der Waals surface area contributed by atoms with Crippen LogP contribution in [0, 0.1) is 24.6 Å². The number of benzene rings is 1. The van der Waals surface area contributed by atoms with Crippen LogP contribution in [0.25, 0.3) is 0 Å². The Balaban J connectivity index is 2.95. The minimum Gasteiger partial charge on any atom is -0.461 e. The Bertz CT molecular complexity index is 530. The van der Waals surface area contributed by atoms with Gasteiger partial charge in [0.05, 0.1) is 0 Å². The van der Waals surface area contributed by atoms with Gasteiger partial charge in [-0.15, -0.1) is 0 Å². The molecule has 0 radical (unpaired) electrons. The van der Waals surface area contributed by atoms with E-state index in [0.29, 0.717) is 0 Å². The second-order valence-electron chi connectivity index (χ2n) is 6.82. The quantitative estimate of drug-likeness (QED) is 0.766. The molecule has 0 heterocycles. The van der Waals surface area contributed by atoms with Crippen molar-refractivity contribution in [2.75, 3.05) is 0 Å². The average Bonchev–Trinajstić information content (AvgIpc) is 2.47. The van der Waals surface area contributed by atoms with Gasteiger partial charge in [0.2, 0.25) is 0 Å². The highest BCUT2D eigenvalue weighted by molar-refractivity contribution is 5.76. The van der Waals surface area contributed by atoms with Gasteiger partial charge < -0.3 is 10.5 Å². The normalized spacial score (nSPS) is 16.7. The number of carbonyl (C=O) groups is 1. The number of carbonyl (C=O) groups excluding carboxylic acids is 1. The largest absolute Gasteiger partial charge is 0.461 e. The number of esters is 1. The molecule has 0 aromatic heterocycles. The molecule has 0 aliphatic carbocycles. The zero-order valence-corrected chi connectivity index (χ0v) is 15.1. The van der Waals surface area contributed by atoms with Gasteiger partial charge >= 0.3 is 5.97 Å². The zero-order chi connectivity index (χ0) is 17.7. The Kier molecular flexibility index (Phi) is 7.20. The number of rotatable bonds is 7. The maximum atomic E-state index is 13.4. The van der Waals surface area contributed by atoms with Gasteiger partial charge in [-0.3, -0.25) is 4.79 Å². The molecule has 0 saturated heterocycles. The fraction of sp³-hybridized carbons (Fsp3) is 0.632. The van der Waals surface area contributed by atoms with E-state index in [1.807, 2.05) is 27.7 Å². The lowest BCUT2D eigenvalue weighted by Crippen LogP contribution is -2.40. The minimum absolute atomic E-state index is 0.00341. The lowest BCUT2D eigenvalue weighted by atomic mass is 9.82.